The number of rotatable bonds is 4. The first-order valence-electron chi connectivity index (χ1n) is 16.7. The van der Waals surface area contributed by atoms with Crippen LogP contribution in [-0.2, 0) is 23.6 Å². The Morgan fingerprint density at radius 1 is 0.583 bits per heavy atom. The summed E-state index contributed by atoms with van der Waals surface area (Å²) in [5, 5.41) is 2.15. The quantitative estimate of drug-likeness (QED) is 0.319. The minimum atomic E-state index is -0.435. The molecule has 6 heterocycles. The summed E-state index contributed by atoms with van der Waals surface area (Å²) >= 11 is 0. The molecule has 8 rings (SSSR count). The lowest BCUT2D eigenvalue weighted by Crippen LogP contribution is -2.53. The fourth-order valence-electron chi connectivity index (χ4n) is 7.10. The van der Waals surface area contributed by atoms with Gasteiger partial charge in [0, 0.05) is 47.7 Å². The molecule has 48 heavy (non-hydrogen) atoms. The largest absolute Gasteiger partial charge is 0.557 e. The van der Waals surface area contributed by atoms with Gasteiger partial charge in [0.25, 0.3) is 0 Å². The van der Waals surface area contributed by atoms with Crippen LogP contribution < -0.4 is 10.7 Å². The summed E-state index contributed by atoms with van der Waals surface area (Å²) < 4.78 is 34.6. The van der Waals surface area contributed by atoms with E-state index < -0.39 is 7.19 Å². The van der Waals surface area contributed by atoms with Crippen molar-refractivity contribution in [1.82, 2.24) is 13.9 Å². The second-order valence-electron chi connectivity index (χ2n) is 12.0. The lowest BCUT2D eigenvalue weighted by atomic mass is 9.89. The summed E-state index contributed by atoms with van der Waals surface area (Å²) in [5.41, 5.74) is 9.39. The molecule has 2 aromatic carbocycles. The van der Waals surface area contributed by atoms with Crippen LogP contribution in [0.1, 0.15) is 22.5 Å². The standard InChI is InChI=1S/C38H39BN4O5/c1-44-39-42-32-14-15-33(42)37(29-10-6-3-7-11-29)34-16-17-35(43(34)39)38(31-13-12-30(40-31)36(32)28-8-4-2-5-9-28)41-18-20-45-22-24-47-26-27-48-25-23-46-21-19-41/h2-17H,18-27H2,1H3. The Bertz CT molecular complexity index is 1980. The van der Waals surface area contributed by atoms with Gasteiger partial charge in [-0.1, -0.05) is 60.7 Å². The van der Waals surface area contributed by atoms with E-state index in [0.717, 1.165) is 61.5 Å². The number of hydrogen-bond acceptors (Lipinski definition) is 7. The van der Waals surface area contributed by atoms with Crippen molar-refractivity contribution in [3.8, 4) is 0 Å². The van der Waals surface area contributed by atoms with E-state index >= 15 is 0 Å². The van der Waals surface area contributed by atoms with Gasteiger partial charge in [0.15, 0.2) is 0 Å². The molecule has 244 valence electrons. The lowest BCUT2D eigenvalue weighted by molar-refractivity contribution is 0.00206. The van der Waals surface area contributed by atoms with Crippen molar-refractivity contribution in [3.05, 3.63) is 136 Å². The van der Waals surface area contributed by atoms with Gasteiger partial charge in [-0.25, -0.2) is 4.99 Å². The molecule has 4 bridgehead atoms. The molecule has 4 aliphatic heterocycles. The van der Waals surface area contributed by atoms with E-state index in [1.54, 1.807) is 7.11 Å². The van der Waals surface area contributed by atoms with Crippen LogP contribution >= 0.6 is 0 Å². The maximum atomic E-state index is 6.48. The van der Waals surface area contributed by atoms with E-state index in [1.165, 1.54) is 0 Å². The zero-order valence-corrected chi connectivity index (χ0v) is 27.2. The first kappa shape index (κ1) is 30.9. The summed E-state index contributed by atoms with van der Waals surface area (Å²) in [6.07, 6.45) is 4.29. The Morgan fingerprint density at radius 2 is 1.12 bits per heavy atom. The molecule has 0 unspecified atom stereocenters. The molecule has 9 nitrogen and oxygen atoms in total. The van der Waals surface area contributed by atoms with E-state index in [4.69, 9.17) is 28.6 Å². The molecule has 2 aromatic heterocycles. The maximum Gasteiger partial charge on any atom is 0.557 e. The van der Waals surface area contributed by atoms with Crippen molar-refractivity contribution in [2.45, 2.75) is 0 Å². The molecule has 0 saturated carbocycles. The van der Waals surface area contributed by atoms with Gasteiger partial charge in [0.1, 0.15) is 0 Å². The molecule has 0 spiro atoms. The Kier molecular flexibility index (Phi) is 8.97. The van der Waals surface area contributed by atoms with Crippen LogP contribution in [0.2, 0.25) is 0 Å². The van der Waals surface area contributed by atoms with Gasteiger partial charge < -0.3 is 37.5 Å². The van der Waals surface area contributed by atoms with Crippen molar-refractivity contribution in [2.75, 3.05) is 73.1 Å². The topological polar surface area (TPSA) is 71.6 Å². The number of aliphatic imine (C=N–C) groups is 1. The van der Waals surface area contributed by atoms with Crippen LogP contribution in [-0.4, -0.2) is 99.8 Å². The molecule has 0 N–H and O–H groups in total. The summed E-state index contributed by atoms with van der Waals surface area (Å²) in [5.74, 6) is 0. The summed E-state index contributed by atoms with van der Waals surface area (Å²) in [7, 11) is 1.36. The monoisotopic (exact) mass is 642 g/mol. The van der Waals surface area contributed by atoms with Crippen LogP contribution in [0.4, 0.5) is 0 Å². The highest BCUT2D eigenvalue weighted by atomic mass is 16.6. The van der Waals surface area contributed by atoms with E-state index in [2.05, 4.69) is 111 Å². The van der Waals surface area contributed by atoms with Crippen molar-refractivity contribution < 1.29 is 23.6 Å². The lowest BCUT2D eigenvalue weighted by Gasteiger charge is -2.32. The molecule has 0 aliphatic carbocycles. The third kappa shape index (κ3) is 5.69. The second-order valence-corrected chi connectivity index (χ2v) is 12.0. The van der Waals surface area contributed by atoms with Gasteiger partial charge in [0.2, 0.25) is 0 Å². The molecule has 0 radical (unpaired) electrons. The number of fused-ring (bicyclic) bond motifs is 1. The molecule has 1 fully saturated rings. The van der Waals surface area contributed by atoms with E-state index in [1.807, 2.05) is 0 Å². The van der Waals surface area contributed by atoms with Crippen molar-refractivity contribution >= 4 is 29.7 Å². The highest BCUT2D eigenvalue weighted by Crippen LogP contribution is 2.35. The van der Waals surface area contributed by atoms with Gasteiger partial charge in [-0.05, 0) is 47.5 Å². The molecule has 4 aliphatic rings. The zero-order chi connectivity index (χ0) is 32.3. The second kappa shape index (κ2) is 14.0. The van der Waals surface area contributed by atoms with Gasteiger partial charge >= 0.3 is 7.19 Å². The molecule has 0 atom stereocenters. The SMILES string of the molecule is COB1n2c3ccc2C(c2ccccc2)=c2ccc(n21)=C(c1ccccc1)C1=NC(=C3N2CCOCCOCCOCCOCC2)C=C1. The minimum absolute atomic E-state index is 0.435. The first-order chi connectivity index (χ1) is 23.8. The van der Waals surface area contributed by atoms with E-state index in [-0.39, 0.29) is 0 Å². The third-order valence-corrected chi connectivity index (χ3v) is 9.21. The molecule has 4 aromatic rings. The van der Waals surface area contributed by atoms with Crippen LogP contribution in [0.5, 0.6) is 0 Å². The zero-order valence-electron chi connectivity index (χ0n) is 27.2. The van der Waals surface area contributed by atoms with Gasteiger partial charge in [-0.2, -0.15) is 0 Å². The Balaban J connectivity index is 1.36. The Hall–Kier alpha value is -4.45. The number of benzene rings is 2. The summed E-state index contributed by atoms with van der Waals surface area (Å²) in [6.45, 7) is 5.58. The van der Waals surface area contributed by atoms with Crippen LogP contribution in [0.25, 0.3) is 16.8 Å². The van der Waals surface area contributed by atoms with E-state index in [0.29, 0.717) is 65.9 Å². The summed E-state index contributed by atoms with van der Waals surface area (Å²) in [4.78, 5) is 7.73. The van der Waals surface area contributed by atoms with Crippen molar-refractivity contribution in [3.63, 3.8) is 0 Å². The predicted molar refractivity (Wildman–Crippen MR) is 187 cm³/mol. The fourth-order valence-corrected chi connectivity index (χ4v) is 7.10. The maximum absolute atomic E-state index is 6.48. The number of aromatic nitrogens is 2. The minimum Gasteiger partial charge on any atom is -0.400 e. The number of nitrogens with zero attached hydrogens (tertiary/aromatic N) is 4. The number of hydrogen-bond donors (Lipinski definition) is 0. The highest BCUT2D eigenvalue weighted by Gasteiger charge is 2.38. The van der Waals surface area contributed by atoms with Gasteiger partial charge in [-0.3, -0.25) is 0 Å². The number of allylic oxidation sites excluding steroid dienone is 2. The van der Waals surface area contributed by atoms with Crippen LogP contribution in [0, 0.1) is 0 Å². The molecule has 1 saturated heterocycles. The van der Waals surface area contributed by atoms with Gasteiger partial charge in [-0.15, -0.1) is 0 Å². The molecular formula is C38H39BN4O5. The third-order valence-electron chi connectivity index (χ3n) is 9.21. The highest BCUT2D eigenvalue weighted by molar-refractivity contribution is 6.50. The Morgan fingerprint density at radius 3 is 1.73 bits per heavy atom. The average molecular weight is 643 g/mol. The molecular weight excluding hydrogens is 603 g/mol. The van der Waals surface area contributed by atoms with E-state index in [9.17, 15) is 0 Å². The van der Waals surface area contributed by atoms with Crippen molar-refractivity contribution in [1.29, 1.82) is 0 Å². The smallest absolute Gasteiger partial charge is 0.400 e. The van der Waals surface area contributed by atoms with Crippen LogP contribution in [0.15, 0.2) is 108 Å². The van der Waals surface area contributed by atoms with Crippen LogP contribution in [0.3, 0.4) is 0 Å². The molecule has 0 amide bonds. The number of ether oxygens (including phenoxy) is 4. The normalized spacial score (nSPS) is 18.9. The predicted octanol–water partition coefficient (Wildman–Crippen LogP) is 3.15. The fraction of sp³-hybridized carbons (Fsp3) is 0.289. The first-order valence-corrected chi connectivity index (χ1v) is 16.7. The summed E-state index contributed by atoms with van der Waals surface area (Å²) in [6, 6.07) is 30.0. The van der Waals surface area contributed by atoms with Gasteiger partial charge in [0.05, 0.1) is 75.7 Å². The molecule has 10 heteroatoms. The Labute approximate surface area is 280 Å². The van der Waals surface area contributed by atoms with Crippen molar-refractivity contribution in [2.24, 2.45) is 4.99 Å². The average Bonchev–Trinajstić information content (AvgIpc) is 3.88.